The minimum atomic E-state index is -4.36. The molecule has 24 heavy (non-hydrogen) atoms. The van der Waals surface area contributed by atoms with Gasteiger partial charge in [-0.15, -0.1) is 0 Å². The summed E-state index contributed by atoms with van der Waals surface area (Å²) in [4.78, 5) is 11.6. The van der Waals surface area contributed by atoms with E-state index in [1.807, 2.05) is 30.3 Å². The Kier molecular flexibility index (Phi) is 5.85. The van der Waals surface area contributed by atoms with E-state index >= 15 is 0 Å². The molecule has 6 heteroatoms. The minimum Gasteiger partial charge on any atom is -0.334 e. The van der Waals surface area contributed by atoms with Gasteiger partial charge in [0.1, 0.15) is 0 Å². The van der Waals surface area contributed by atoms with Crippen molar-refractivity contribution in [1.82, 2.24) is 10.6 Å². The Morgan fingerprint density at radius 3 is 2.25 bits per heavy atom. The summed E-state index contributed by atoms with van der Waals surface area (Å²) in [7, 11) is 0. The third-order valence-corrected chi connectivity index (χ3v) is 3.08. The van der Waals surface area contributed by atoms with Crippen molar-refractivity contribution >= 4 is 6.03 Å². The van der Waals surface area contributed by atoms with Crippen LogP contribution >= 0.6 is 0 Å². The monoisotopic (exact) mass is 332 g/mol. The van der Waals surface area contributed by atoms with Crippen molar-refractivity contribution in [3.63, 3.8) is 0 Å². The van der Waals surface area contributed by atoms with Crippen molar-refractivity contribution in [3.05, 3.63) is 71.3 Å². The van der Waals surface area contributed by atoms with Gasteiger partial charge in [-0.3, -0.25) is 0 Å². The lowest BCUT2D eigenvalue weighted by atomic mass is 10.1. The van der Waals surface area contributed by atoms with E-state index in [-0.39, 0.29) is 13.1 Å². The maximum Gasteiger partial charge on any atom is 0.416 e. The Balaban J connectivity index is 1.74. The van der Waals surface area contributed by atoms with E-state index in [4.69, 9.17) is 0 Å². The second-order valence-corrected chi connectivity index (χ2v) is 4.90. The number of nitrogens with one attached hydrogen (secondary N) is 2. The first-order valence-electron chi connectivity index (χ1n) is 7.17. The zero-order valence-electron chi connectivity index (χ0n) is 12.7. The second kappa shape index (κ2) is 8.06. The first-order chi connectivity index (χ1) is 11.4. The van der Waals surface area contributed by atoms with Crippen molar-refractivity contribution in [3.8, 4) is 11.8 Å². The summed E-state index contributed by atoms with van der Waals surface area (Å²) < 4.78 is 37.3. The molecule has 2 N–H and O–H groups in total. The van der Waals surface area contributed by atoms with E-state index < -0.39 is 17.8 Å². The molecule has 0 bridgehead atoms. The first-order valence-corrected chi connectivity index (χ1v) is 7.17. The standard InChI is InChI=1S/C18H15F3N2O/c19-18(20,21)16-10-8-15(9-11-16)13-23-17(24)22-12-4-7-14-5-2-1-3-6-14/h1-3,5-6,8-11H,12-13H2,(H2,22,23,24). The van der Waals surface area contributed by atoms with Gasteiger partial charge in [-0.25, -0.2) is 4.79 Å². The summed E-state index contributed by atoms with van der Waals surface area (Å²) in [6, 6.07) is 13.5. The highest BCUT2D eigenvalue weighted by Crippen LogP contribution is 2.28. The molecule has 0 aliphatic carbocycles. The first kappa shape index (κ1) is 17.4. The molecule has 2 amide bonds. The number of hydrogen-bond donors (Lipinski definition) is 2. The normalized spacial score (nSPS) is 10.5. The maximum absolute atomic E-state index is 12.4. The van der Waals surface area contributed by atoms with Crippen LogP contribution in [0.5, 0.6) is 0 Å². The highest BCUT2D eigenvalue weighted by Gasteiger charge is 2.29. The molecule has 2 rings (SSSR count). The van der Waals surface area contributed by atoms with Crippen LogP contribution in [0.1, 0.15) is 16.7 Å². The van der Waals surface area contributed by atoms with Crippen molar-refractivity contribution in [2.45, 2.75) is 12.7 Å². The van der Waals surface area contributed by atoms with E-state index in [0.717, 1.165) is 17.7 Å². The predicted octanol–water partition coefficient (Wildman–Crippen LogP) is 3.56. The van der Waals surface area contributed by atoms with Crippen LogP contribution in [0.2, 0.25) is 0 Å². The number of benzene rings is 2. The molecule has 0 aliphatic heterocycles. The molecule has 2 aromatic carbocycles. The van der Waals surface area contributed by atoms with Gasteiger partial charge in [0.25, 0.3) is 0 Å². The number of alkyl halides is 3. The molecule has 2 aromatic rings. The fourth-order valence-corrected chi connectivity index (χ4v) is 1.85. The number of hydrogen-bond acceptors (Lipinski definition) is 1. The lowest BCUT2D eigenvalue weighted by molar-refractivity contribution is -0.137. The molecule has 3 nitrogen and oxygen atoms in total. The predicted molar refractivity (Wildman–Crippen MR) is 85.0 cm³/mol. The number of amides is 2. The van der Waals surface area contributed by atoms with Crippen molar-refractivity contribution in [2.24, 2.45) is 0 Å². The molecule has 0 spiro atoms. The zero-order chi connectivity index (χ0) is 17.4. The summed E-state index contributed by atoms with van der Waals surface area (Å²) in [5.74, 6) is 5.70. The van der Waals surface area contributed by atoms with Gasteiger partial charge in [-0.05, 0) is 29.8 Å². The Morgan fingerprint density at radius 2 is 1.62 bits per heavy atom. The average Bonchev–Trinajstić information content (AvgIpc) is 2.57. The van der Waals surface area contributed by atoms with Gasteiger partial charge >= 0.3 is 12.2 Å². The fourth-order valence-electron chi connectivity index (χ4n) is 1.85. The van der Waals surface area contributed by atoms with E-state index in [9.17, 15) is 18.0 Å². The minimum absolute atomic E-state index is 0.135. The summed E-state index contributed by atoms with van der Waals surface area (Å²) >= 11 is 0. The highest BCUT2D eigenvalue weighted by molar-refractivity contribution is 5.74. The number of halogens is 3. The molecule has 0 fully saturated rings. The van der Waals surface area contributed by atoms with Crippen LogP contribution < -0.4 is 10.6 Å². The van der Waals surface area contributed by atoms with Gasteiger partial charge < -0.3 is 10.6 Å². The van der Waals surface area contributed by atoms with Crippen LogP contribution in [0.25, 0.3) is 0 Å². The van der Waals surface area contributed by atoms with Crippen molar-refractivity contribution < 1.29 is 18.0 Å². The highest BCUT2D eigenvalue weighted by atomic mass is 19.4. The van der Waals surface area contributed by atoms with Crippen LogP contribution in [0, 0.1) is 11.8 Å². The SMILES string of the molecule is O=C(NCC#Cc1ccccc1)NCc1ccc(C(F)(F)F)cc1. The van der Waals surface area contributed by atoms with E-state index in [1.54, 1.807) is 0 Å². The zero-order valence-corrected chi connectivity index (χ0v) is 12.7. The van der Waals surface area contributed by atoms with Gasteiger partial charge in [0, 0.05) is 12.1 Å². The molecular weight excluding hydrogens is 317 g/mol. The summed E-state index contributed by atoms with van der Waals surface area (Å²) in [5.41, 5.74) is 0.713. The summed E-state index contributed by atoms with van der Waals surface area (Å²) in [6.07, 6.45) is -4.36. The summed E-state index contributed by atoms with van der Waals surface area (Å²) in [6.45, 7) is 0.309. The molecule has 0 saturated heterocycles. The molecule has 0 atom stereocenters. The van der Waals surface area contributed by atoms with Crippen molar-refractivity contribution in [1.29, 1.82) is 0 Å². The quantitative estimate of drug-likeness (QED) is 0.829. The molecule has 0 radical (unpaired) electrons. The average molecular weight is 332 g/mol. The van der Waals surface area contributed by atoms with Gasteiger partial charge in [-0.2, -0.15) is 13.2 Å². The van der Waals surface area contributed by atoms with Gasteiger partial charge in [0.15, 0.2) is 0 Å². The largest absolute Gasteiger partial charge is 0.416 e. The number of carbonyl (C=O) groups is 1. The van der Waals surface area contributed by atoms with Crippen molar-refractivity contribution in [2.75, 3.05) is 6.54 Å². The van der Waals surface area contributed by atoms with Gasteiger partial charge in [0.2, 0.25) is 0 Å². The Labute approximate surface area is 137 Å². The van der Waals surface area contributed by atoms with Crippen LogP contribution in [0.3, 0.4) is 0 Å². The Morgan fingerprint density at radius 1 is 0.958 bits per heavy atom. The maximum atomic E-state index is 12.4. The topological polar surface area (TPSA) is 41.1 Å². The molecule has 0 saturated carbocycles. The number of rotatable bonds is 3. The molecule has 0 aliphatic rings. The van der Waals surface area contributed by atoms with Crippen LogP contribution in [0.4, 0.5) is 18.0 Å². The van der Waals surface area contributed by atoms with E-state index in [1.165, 1.54) is 12.1 Å². The Hall–Kier alpha value is -2.94. The molecule has 0 unspecified atom stereocenters. The Bertz CT molecular complexity index is 729. The number of carbonyl (C=O) groups excluding carboxylic acids is 1. The lowest BCUT2D eigenvalue weighted by Crippen LogP contribution is -2.35. The lowest BCUT2D eigenvalue weighted by Gasteiger charge is -2.08. The van der Waals surface area contributed by atoms with Crippen LogP contribution in [0.15, 0.2) is 54.6 Å². The van der Waals surface area contributed by atoms with Crippen LogP contribution in [-0.4, -0.2) is 12.6 Å². The fraction of sp³-hybridized carbons (Fsp3) is 0.167. The van der Waals surface area contributed by atoms with E-state index in [0.29, 0.717) is 5.56 Å². The van der Waals surface area contributed by atoms with E-state index in [2.05, 4.69) is 22.5 Å². The van der Waals surface area contributed by atoms with Gasteiger partial charge in [0.05, 0.1) is 12.1 Å². The third-order valence-electron chi connectivity index (χ3n) is 3.08. The number of urea groups is 1. The van der Waals surface area contributed by atoms with Crippen LogP contribution in [-0.2, 0) is 12.7 Å². The molecule has 0 heterocycles. The second-order valence-electron chi connectivity index (χ2n) is 4.90. The third kappa shape index (κ3) is 5.69. The summed E-state index contributed by atoms with van der Waals surface area (Å²) in [5, 5.41) is 5.11. The van der Waals surface area contributed by atoms with Gasteiger partial charge in [-0.1, -0.05) is 42.2 Å². The molecule has 0 aromatic heterocycles. The smallest absolute Gasteiger partial charge is 0.334 e. The molecular formula is C18H15F3N2O. The molecule has 124 valence electrons.